The van der Waals surface area contributed by atoms with Crippen molar-refractivity contribution < 1.29 is 101 Å². The summed E-state index contributed by atoms with van der Waals surface area (Å²) in [6.45, 7) is 18.4. The van der Waals surface area contributed by atoms with Crippen LogP contribution < -0.4 is 47.4 Å². The number of amides is 12. The number of aromatic nitrogens is 6. The van der Waals surface area contributed by atoms with Crippen molar-refractivity contribution in [3.63, 3.8) is 0 Å². The first-order valence-electron chi connectivity index (χ1n) is 49.3. The van der Waals surface area contributed by atoms with Gasteiger partial charge in [0.05, 0.1) is 136 Å². The first kappa shape index (κ1) is 107. The molecule has 4 atom stereocenters. The topological polar surface area (TPSA) is 511 Å². The molecule has 4 aromatic heterocycles. The molecule has 0 bridgehead atoms. The molecule has 41 nitrogen and oxygen atoms in total. The second kappa shape index (κ2) is 51.3. The van der Waals surface area contributed by atoms with Crippen LogP contribution in [0.5, 0.6) is 0 Å². The van der Waals surface area contributed by atoms with Gasteiger partial charge in [0.2, 0.25) is 41.4 Å². The lowest BCUT2D eigenvalue weighted by atomic mass is 9.85. The van der Waals surface area contributed by atoms with E-state index in [1.54, 1.807) is 49.1 Å². The first-order valence-corrected chi connectivity index (χ1v) is 50.1. The molecule has 8 aliphatic rings. The molecule has 8 aliphatic heterocycles. The largest absolute Gasteiger partial charge is 0.481 e. The third-order valence-corrected chi connectivity index (χ3v) is 27.2. The van der Waals surface area contributed by atoms with Crippen molar-refractivity contribution in [2.45, 2.75) is 171 Å². The second-order valence-electron chi connectivity index (χ2n) is 37.6. The van der Waals surface area contributed by atoms with E-state index >= 15 is 0 Å². The lowest BCUT2D eigenvalue weighted by Crippen LogP contribution is -2.64. The summed E-state index contributed by atoms with van der Waals surface area (Å²) in [6, 6.07) is 26.5. The van der Waals surface area contributed by atoms with Crippen LogP contribution >= 0.6 is 23.2 Å². The second-order valence-corrected chi connectivity index (χ2v) is 38.5. The minimum Gasteiger partial charge on any atom is -0.481 e. The smallest absolute Gasteiger partial charge is 0.408 e. The lowest BCUT2D eigenvalue weighted by Gasteiger charge is -2.42. The number of nitrogens with two attached hydrogens (primary N) is 1. The Labute approximate surface area is 843 Å². The van der Waals surface area contributed by atoms with Crippen molar-refractivity contribution in [3.8, 4) is 0 Å². The van der Waals surface area contributed by atoms with E-state index in [9.17, 15) is 62.3 Å². The van der Waals surface area contributed by atoms with Gasteiger partial charge in [-0.1, -0.05) is 72.1 Å². The number of halogens is 2. The Morgan fingerprint density at radius 3 is 1.49 bits per heavy atom. The van der Waals surface area contributed by atoms with Crippen molar-refractivity contribution in [2.24, 2.45) is 5.73 Å². The number of piperidine rings is 5. The molecule has 2 unspecified atom stereocenters. The zero-order chi connectivity index (χ0) is 102. The molecule has 6 fully saturated rings. The highest BCUT2D eigenvalue weighted by Crippen LogP contribution is 2.38. The average molecular weight is 2030 g/mol. The number of nitrogens with one attached hydrogen (secondary N) is 8. The standard InChI is InChI=1S/C47H58ClN11O9.C31H42ClN7O3.C23H28N2O9/c48-32-6-4-31(5-7-32)35(54-46(65)47(49)13-18-58(19-14-47)42-34-10-15-51-41(34)52-30-53-42)11-17-56-20-22-57(23-21-56)39(61)12-24-66-26-28-68-29-27-67-25-16-50-36-3-1-2-33-40(36)45(64)59(44(33)63)37-8-9-38(60)55-43(37)62;1-30(2,3)42-29(41)37-31(13-19-39(20-14-31)27-24-11-15-33-26(24)34-21-35-27)28(40)36-25(22-7-9-23(32)10-8-22)12-18-38-16-5-4-6-17-38;26-18-7-6-17(21(29)24-18)25-22(30)16-5-1-3-15(20(16)23(25)31)4-2-9-32-11-13-34-14-12-33-10-8-19(27)28/h1-7,10,15,30,35,37,50H,8-9,11-14,16-29,49H2,(H,54,65)(H,51,52,53)(H,55,60,62);7-11,15,21,25H,4-6,12-14,16-20H2,1-3H3,(H,36,40)(H,37,41)(H,33,34,35);1,3,5,17H,2,4,6-14H2,(H,27,28)(H,24,26,29)/t35-,37?;25-;/m00./s1. The van der Waals surface area contributed by atoms with Crippen LogP contribution in [-0.2, 0) is 77.9 Å². The Morgan fingerprint density at radius 1 is 0.514 bits per heavy atom. The first-order chi connectivity index (χ1) is 69.5. The molecule has 144 heavy (non-hydrogen) atoms. The number of carbonyl (C=O) groups is 13. The number of fused-ring (bicyclic) bond motifs is 4. The zero-order valence-corrected chi connectivity index (χ0v) is 82.9. The van der Waals surface area contributed by atoms with Gasteiger partial charge in [0.25, 0.3) is 23.6 Å². The number of carbonyl (C=O) groups excluding carboxylic acids is 12. The van der Waals surface area contributed by atoms with Gasteiger partial charge in [0.1, 0.15) is 58.8 Å². The molecule has 4 aromatic carbocycles. The van der Waals surface area contributed by atoms with Crippen LogP contribution in [0.1, 0.15) is 194 Å². The fourth-order valence-electron chi connectivity index (χ4n) is 18.9. The van der Waals surface area contributed by atoms with Gasteiger partial charge >= 0.3 is 12.1 Å². The summed E-state index contributed by atoms with van der Waals surface area (Å²) in [5, 5.41) is 28.8. The molecule has 6 saturated heterocycles. The number of rotatable bonds is 43. The quantitative estimate of drug-likeness (QED) is 0.0128. The predicted molar refractivity (Wildman–Crippen MR) is 532 cm³/mol. The molecule has 0 saturated carbocycles. The maximum atomic E-state index is 14.3. The maximum absolute atomic E-state index is 14.3. The summed E-state index contributed by atoms with van der Waals surface area (Å²) >= 11 is 12.4. The van der Waals surface area contributed by atoms with Crippen molar-refractivity contribution in [1.82, 2.24) is 81.0 Å². The molecule has 16 rings (SSSR count). The molecule has 11 N–H and O–H groups in total. The van der Waals surface area contributed by atoms with Gasteiger partial charge in [0.15, 0.2) is 0 Å². The highest BCUT2D eigenvalue weighted by molar-refractivity contribution is 6.31. The number of aliphatic carboxylic acids is 1. The number of hydrogen-bond donors (Lipinski definition) is 10. The molecule has 0 radical (unpaired) electrons. The van der Waals surface area contributed by atoms with Crippen LogP contribution in [0.3, 0.4) is 0 Å². The number of piperazine rings is 1. The molecular formula is C101H128Cl2N20O21. The van der Waals surface area contributed by atoms with Crippen LogP contribution in [0.4, 0.5) is 22.1 Å². The van der Waals surface area contributed by atoms with Crippen LogP contribution in [0.15, 0.2) is 122 Å². The number of anilines is 3. The SMILES string of the molecule is CC(C)(C)OC(=O)NC1(C(=O)N[C@@H](CCN2CCCCC2)c2ccc(Cl)cc2)CCN(c2ncnc3[nH]ccc23)CC1.NC1(C(=O)N[C@@H](CCN2CCN(C(=O)CCOCCOCCOCCNc3cccc4c3C(=O)N(C3CCC(=O)NC3=O)C4=O)CC2)c2ccc(Cl)cc2)CCN(c2ncnc3[nH]ccc23)CC1.O=C(O)CCOCCOCCOCCCc1cccc2c1C(=O)N(C1CCC(=O)NC1=O)C2=O. The number of likely N-dealkylation sites (tertiary alicyclic amines) is 1. The summed E-state index contributed by atoms with van der Waals surface area (Å²) in [5.41, 5.74) is 9.58. The van der Waals surface area contributed by atoms with Crippen LogP contribution in [0, 0.1) is 0 Å². The molecule has 12 heterocycles. The molecule has 12 amide bonds. The normalized spacial score (nSPS) is 18.6. The summed E-state index contributed by atoms with van der Waals surface area (Å²) < 4.78 is 38.5. The van der Waals surface area contributed by atoms with Crippen molar-refractivity contribution >= 4 is 140 Å². The van der Waals surface area contributed by atoms with E-state index in [2.05, 4.69) is 81.4 Å². The lowest BCUT2D eigenvalue weighted by molar-refractivity contribution is -0.139. The molecule has 43 heteroatoms. The number of benzene rings is 4. The van der Waals surface area contributed by atoms with E-state index in [-0.39, 0.29) is 98.2 Å². The summed E-state index contributed by atoms with van der Waals surface area (Å²) in [4.78, 5) is 201. The van der Waals surface area contributed by atoms with Gasteiger partial charge in [-0.3, -0.25) is 82.9 Å². The minimum atomic E-state index is -1.14. The third-order valence-electron chi connectivity index (χ3n) is 26.7. The number of ether oxygens (including phenoxy) is 7. The van der Waals surface area contributed by atoms with E-state index in [1.165, 1.54) is 19.3 Å². The molecule has 772 valence electrons. The number of imide groups is 4. The van der Waals surface area contributed by atoms with E-state index < -0.39 is 88.1 Å². The molecule has 0 spiro atoms. The zero-order valence-electron chi connectivity index (χ0n) is 81.4. The Hall–Kier alpha value is -12.6. The number of alkyl carbamates (subject to hydrolysis) is 1. The monoisotopic (exact) mass is 2030 g/mol. The number of nitrogens with zero attached hydrogens (tertiary/aromatic N) is 11. The average Bonchev–Trinajstić information content (AvgIpc) is 1.62. The van der Waals surface area contributed by atoms with E-state index in [4.69, 9.17) is 67.2 Å². The van der Waals surface area contributed by atoms with Crippen molar-refractivity contribution in [1.29, 1.82) is 0 Å². The van der Waals surface area contributed by atoms with Gasteiger partial charge in [-0.05, 0) is 182 Å². The van der Waals surface area contributed by atoms with Crippen molar-refractivity contribution in [2.75, 3.05) is 179 Å². The summed E-state index contributed by atoms with van der Waals surface area (Å²) in [6.07, 6.45) is 14.7. The number of aromatic amines is 2. The Balaban J connectivity index is 0.000000185. The van der Waals surface area contributed by atoms with E-state index in [0.717, 1.165) is 87.2 Å². The number of aryl methyl sites for hydroxylation is 1. The Kier molecular flexibility index (Phi) is 38.2. The fourth-order valence-corrected chi connectivity index (χ4v) is 19.1. The third kappa shape index (κ3) is 28.6. The van der Waals surface area contributed by atoms with Crippen LogP contribution in [0.25, 0.3) is 22.1 Å². The number of carboxylic acid groups (broad SMARTS) is 1. The fraction of sp³-hybridized carbons (Fsp3) is 0.515. The van der Waals surface area contributed by atoms with E-state index in [1.807, 2.05) is 98.7 Å². The number of carboxylic acids is 1. The summed E-state index contributed by atoms with van der Waals surface area (Å²) in [5.74, 6) is -3.89. The van der Waals surface area contributed by atoms with Gasteiger partial charge in [0, 0.05) is 120 Å². The number of H-pyrrole nitrogens is 2. The van der Waals surface area contributed by atoms with Gasteiger partial charge in [-0.25, -0.2) is 24.7 Å². The van der Waals surface area contributed by atoms with Crippen molar-refractivity contribution in [3.05, 3.63) is 171 Å². The summed E-state index contributed by atoms with van der Waals surface area (Å²) in [7, 11) is 0. The highest BCUT2D eigenvalue weighted by atomic mass is 35.5. The Morgan fingerprint density at radius 2 is 0.979 bits per heavy atom. The predicted octanol–water partition coefficient (Wildman–Crippen LogP) is 8.01. The van der Waals surface area contributed by atoms with Gasteiger partial charge < -0.3 is 94.8 Å². The van der Waals surface area contributed by atoms with Crippen LogP contribution in [0.2, 0.25) is 10.0 Å². The molecule has 8 aromatic rings. The van der Waals surface area contributed by atoms with Gasteiger partial charge in [-0.15, -0.1) is 0 Å². The highest BCUT2D eigenvalue weighted by Gasteiger charge is 2.50. The number of hydrogen-bond acceptors (Lipinski definition) is 30. The van der Waals surface area contributed by atoms with E-state index in [0.29, 0.717) is 197 Å². The Bertz CT molecular complexity index is 5820. The molecule has 0 aliphatic carbocycles. The van der Waals surface area contributed by atoms with Crippen LogP contribution in [-0.4, -0.2) is 330 Å². The van der Waals surface area contributed by atoms with Gasteiger partial charge in [-0.2, -0.15) is 0 Å². The maximum Gasteiger partial charge on any atom is 0.408 e. The molecular weight excluding hydrogens is 1900 g/mol. The minimum absolute atomic E-state index is 0.0392.